The van der Waals surface area contributed by atoms with Gasteiger partial charge in [0, 0.05) is 134 Å². The Hall–Kier alpha value is -10.0. The summed E-state index contributed by atoms with van der Waals surface area (Å²) in [6.45, 7) is 20.9. The molecular weight excluding hydrogens is 1950 g/mol. The molecule has 4 fully saturated rings. The third-order valence-corrected chi connectivity index (χ3v) is 25.5. The molecule has 42 heteroatoms. The number of alkyl halides is 4. The van der Waals surface area contributed by atoms with E-state index in [2.05, 4.69) is 67.6 Å². The van der Waals surface area contributed by atoms with E-state index in [4.69, 9.17) is 52.8 Å². The summed E-state index contributed by atoms with van der Waals surface area (Å²) in [6.07, 6.45) is 13.0. The van der Waals surface area contributed by atoms with Gasteiger partial charge in [-0.1, -0.05) is 42.5 Å². The number of benzene rings is 4. The minimum Gasteiger partial charge on any atom is -0.870 e. The van der Waals surface area contributed by atoms with Crippen molar-refractivity contribution >= 4 is 73.4 Å². The summed E-state index contributed by atoms with van der Waals surface area (Å²) < 4.78 is 163. The number of nitrogens with zero attached hydrogens (tertiary/aromatic N) is 7. The summed E-state index contributed by atoms with van der Waals surface area (Å²) in [5.74, 6) is -6.87. The number of aromatic nitrogens is 3. The summed E-state index contributed by atoms with van der Waals surface area (Å²) in [6, 6.07) is 29.7. The van der Waals surface area contributed by atoms with Crippen molar-refractivity contribution in [3.8, 4) is 23.0 Å². The Bertz CT molecular complexity index is 5420. The Morgan fingerprint density at radius 3 is 1.04 bits per heavy atom. The Balaban J connectivity index is 0.000000290. The number of anilines is 3. The molecule has 0 bridgehead atoms. The molecule has 5 N–H and O–H groups in total. The molecule has 7 aromatic rings. The van der Waals surface area contributed by atoms with E-state index < -0.39 is 117 Å². The second kappa shape index (κ2) is 60.7. The maximum atomic E-state index is 16.1. The van der Waals surface area contributed by atoms with Crippen LogP contribution >= 0.6 is 0 Å². The molecule has 795 valence electrons. The monoisotopic (exact) mass is 2080 g/mol. The third-order valence-electron chi connectivity index (χ3n) is 25.5. The molecular formula is C105H138BF8N10Na2O21. The number of likely N-dealkylation sites (tertiary alicyclic amines) is 3. The number of ether oxygens (including phenoxy) is 8. The van der Waals surface area contributed by atoms with E-state index in [1.807, 2.05) is 42.7 Å². The molecule has 4 unspecified atom stereocenters. The van der Waals surface area contributed by atoms with Crippen LogP contribution in [0.2, 0.25) is 0 Å². The van der Waals surface area contributed by atoms with E-state index in [1.165, 1.54) is 95.0 Å². The summed E-state index contributed by atoms with van der Waals surface area (Å²) >= 11 is 0. The third kappa shape index (κ3) is 38.1. The van der Waals surface area contributed by atoms with Crippen LogP contribution in [0.25, 0.3) is 0 Å². The first kappa shape index (κ1) is 126. The maximum Gasteiger partial charge on any atom is 1.00 e. The minimum atomic E-state index is -1.69. The predicted molar refractivity (Wildman–Crippen MR) is 526 cm³/mol. The van der Waals surface area contributed by atoms with Crippen molar-refractivity contribution in [1.29, 1.82) is 0 Å². The van der Waals surface area contributed by atoms with Crippen molar-refractivity contribution in [2.45, 2.75) is 236 Å². The van der Waals surface area contributed by atoms with Crippen LogP contribution in [0, 0.1) is 23.3 Å². The Kier molecular flexibility index (Phi) is 51.9. The normalized spacial score (nSPS) is 16.3. The van der Waals surface area contributed by atoms with Crippen LogP contribution in [0.1, 0.15) is 225 Å². The molecule has 14 rings (SSSR count). The van der Waals surface area contributed by atoms with Gasteiger partial charge >= 0.3 is 101 Å². The topological polar surface area (TPSA) is 376 Å². The number of methoxy groups -OCH3 is 4. The van der Waals surface area contributed by atoms with Crippen molar-refractivity contribution in [3.05, 3.63) is 188 Å². The molecule has 7 aliphatic heterocycles. The number of rotatable bonds is 38. The van der Waals surface area contributed by atoms with E-state index in [0.29, 0.717) is 41.2 Å². The SMILES string of the molecule is CC(=O)OOC(C)=O.CCOC(=O)CC(c1ccc(OC)c(F)c1)C1(F)CN(CCCCc2ccc3c(n2)N(C(=O)OC(C)(C)C)CCC3)C1.CCOC(=O)CC(c1ccc(OC)c(F)c1)C1(F)CN(CCCCc2ccc3c(n2)NCCC3)C1.CCOC(=O)CC(c1ccc(OC)c(F)c1)C1(F)CNC1.COc1ccc(C(CC(=O)O)C2(F)CN(CCCCc3ccc4c(n3)NCCC4)C2)cc1F.[B-]OC(C)=O.[Na+].[Na+].[OH-]. The molecule has 0 aliphatic carbocycles. The number of hydrogen-bond acceptors (Lipinski definition) is 29. The molecule has 0 saturated carbocycles. The zero-order chi connectivity index (χ0) is 105. The molecule has 4 aromatic carbocycles. The zero-order valence-corrected chi connectivity index (χ0v) is 91.0. The molecule has 10 heterocycles. The average molecular weight is 2090 g/mol. The number of unbranched alkanes of at least 4 members (excludes halogenated alkanes) is 3. The van der Waals surface area contributed by atoms with Gasteiger partial charge in [0.1, 0.15) is 45.7 Å². The zero-order valence-electron chi connectivity index (χ0n) is 87.0. The number of hydrogen-bond donors (Lipinski definition) is 4. The average Bonchev–Trinajstić information content (AvgIpc) is 0.736. The van der Waals surface area contributed by atoms with E-state index in [1.54, 1.807) is 49.9 Å². The number of fused-ring (bicyclic) bond motifs is 3. The largest absolute Gasteiger partial charge is 1.00 e. The first-order valence-electron chi connectivity index (χ1n) is 48.9. The fourth-order valence-electron chi connectivity index (χ4n) is 18.3. The van der Waals surface area contributed by atoms with Gasteiger partial charge in [-0.3, -0.25) is 43.6 Å². The Labute approximate surface area is 900 Å². The molecule has 147 heavy (non-hydrogen) atoms. The quantitative estimate of drug-likeness (QED) is 0.00531. The van der Waals surface area contributed by atoms with Crippen LogP contribution in [0.4, 0.5) is 57.4 Å². The van der Waals surface area contributed by atoms with Crippen LogP contribution in [-0.2, 0) is 105 Å². The number of esters is 3. The molecule has 4 atom stereocenters. The van der Waals surface area contributed by atoms with Gasteiger partial charge in [0.2, 0.25) is 5.97 Å². The van der Waals surface area contributed by atoms with Crippen LogP contribution in [0.3, 0.4) is 0 Å². The number of carboxylic acid groups (broad SMARTS) is 1. The van der Waals surface area contributed by atoms with Gasteiger partial charge < -0.3 is 77.1 Å². The number of carbonyl (C=O) groups excluding carboxylic acids is 7. The van der Waals surface area contributed by atoms with Gasteiger partial charge in [-0.15, -0.1) is 0 Å². The van der Waals surface area contributed by atoms with Gasteiger partial charge in [0.15, 0.2) is 46.3 Å². The smallest absolute Gasteiger partial charge is 0.870 e. The van der Waals surface area contributed by atoms with E-state index in [9.17, 15) is 65.4 Å². The minimum absolute atomic E-state index is 0. The number of aliphatic carboxylic acids is 1. The van der Waals surface area contributed by atoms with Gasteiger partial charge in [0.25, 0.3) is 0 Å². The van der Waals surface area contributed by atoms with Crippen molar-refractivity contribution < 1.29 is 196 Å². The maximum absolute atomic E-state index is 16.1. The first-order chi connectivity index (χ1) is 68.6. The summed E-state index contributed by atoms with van der Waals surface area (Å²) in [5, 5.41) is 18.9. The van der Waals surface area contributed by atoms with Crippen LogP contribution in [0.15, 0.2) is 109 Å². The van der Waals surface area contributed by atoms with Gasteiger partial charge in [-0.25, -0.2) is 74.2 Å². The van der Waals surface area contributed by atoms with Gasteiger partial charge in [-0.2, -0.15) is 0 Å². The summed E-state index contributed by atoms with van der Waals surface area (Å²) in [4.78, 5) is 119. The summed E-state index contributed by atoms with van der Waals surface area (Å²) in [5.41, 5.74) is 1.21. The first-order valence-corrected chi connectivity index (χ1v) is 48.9. The number of aryl methyl sites for hydroxylation is 6. The van der Waals surface area contributed by atoms with Gasteiger partial charge in [0.05, 0.1) is 73.9 Å². The number of pyridine rings is 3. The Morgan fingerprint density at radius 2 is 0.755 bits per heavy atom. The second-order valence-corrected chi connectivity index (χ2v) is 37.6. The number of carbonyl (C=O) groups is 8. The van der Waals surface area contributed by atoms with Gasteiger partial charge in [-0.05, 0) is 263 Å². The van der Waals surface area contributed by atoms with Crippen LogP contribution < -0.4 is 98.9 Å². The predicted octanol–water partition coefficient (Wildman–Crippen LogP) is 10.5. The molecule has 3 radical (unpaired) electrons. The Morgan fingerprint density at radius 1 is 0.442 bits per heavy atom. The fourth-order valence-corrected chi connectivity index (χ4v) is 18.3. The molecule has 0 spiro atoms. The second-order valence-electron chi connectivity index (χ2n) is 37.6. The van der Waals surface area contributed by atoms with Crippen molar-refractivity contribution in [2.24, 2.45) is 0 Å². The molecule has 31 nitrogen and oxygen atoms in total. The van der Waals surface area contributed by atoms with E-state index >= 15 is 13.2 Å². The molecule has 3 aromatic heterocycles. The van der Waals surface area contributed by atoms with Crippen molar-refractivity contribution in [2.75, 3.05) is 155 Å². The van der Waals surface area contributed by atoms with Crippen LogP contribution in [-0.4, -0.2) is 264 Å². The van der Waals surface area contributed by atoms with E-state index in [-0.39, 0.29) is 192 Å². The number of halogens is 8. The standard InChI is InChI=1S/C32H43F2N3O5.C27H35F2N3O3.C25H31F2N3O3.C15H19F2NO3.C4H6O4.C2H3BO2.2Na.H2O/c1-6-41-28(38)19-25(23-13-15-27(40-5)26(33)18-23)32(34)20-36(21-32)16-8-7-11-24-14-12-22-10-9-17-37(29(22)35-24)30(39)42-31(2,3)4;1-3-35-25(33)16-22(20-10-12-24(34-2)23(28)15-20)27(29)17-32(18-27)14-5-4-8-21-11-9-19-7-6-13-30-26(19)31-21;1-33-22-10-8-18(13-21(22)26)20(14-23(31)32)25(27)15-30(16-25)12-3-2-6-19-9-7-17-5-4-11-28-24(17)29-19;1-3-21-14(19)7-11(15(17)8-18-9-15)10-4-5-13(20-2)12(16)6-10;1-3(5)7-8-4(2)6;1-2(4)5-3;;;/h12-15,18,25H,6-11,16-17,19-21H2,1-5H3;9-12,15,22H,3-8,13-14,16-18H2,1-2H3,(H,30,31);7-10,13,20H,2-6,11-12,14-16H2,1H3,(H,28,29)(H,31,32);4-6,11,18H,3,7-9H2,1-2H3;1-2H3;1H3;;;1H2/q;;;;;-1;2*+1;/p-1. The summed E-state index contributed by atoms with van der Waals surface area (Å²) in [7, 11) is 9.79. The number of nitrogens with one attached hydrogen (secondary N) is 3. The fraction of sp³-hybridized carbons (Fsp3) is 0.552. The van der Waals surface area contributed by atoms with Crippen molar-refractivity contribution in [1.82, 2.24) is 35.0 Å². The molecule has 4 saturated heterocycles. The number of amides is 1. The molecule has 1 amide bonds. The molecule has 7 aliphatic rings. The van der Waals surface area contributed by atoms with Crippen LogP contribution in [0.5, 0.6) is 23.0 Å². The van der Waals surface area contributed by atoms with E-state index in [0.717, 1.165) is 171 Å². The number of carboxylic acids is 1. The van der Waals surface area contributed by atoms with Crippen molar-refractivity contribution in [3.63, 3.8) is 0 Å².